The lowest BCUT2D eigenvalue weighted by Gasteiger charge is -2.26. The van der Waals surface area contributed by atoms with Crippen LogP contribution in [-0.2, 0) is 21.6 Å². The number of rotatable bonds is 4. The number of nitrogens with zero attached hydrogens (tertiary/aromatic N) is 1. The van der Waals surface area contributed by atoms with Crippen LogP contribution in [0.25, 0.3) is 0 Å². The van der Waals surface area contributed by atoms with E-state index >= 15 is 0 Å². The largest absolute Gasteiger partial charge is 0.375 e. The first-order valence-electron chi connectivity index (χ1n) is 8.97. The molecule has 28 heavy (non-hydrogen) atoms. The van der Waals surface area contributed by atoms with Crippen molar-refractivity contribution in [3.8, 4) is 0 Å². The molecule has 1 N–H and O–H groups in total. The fraction of sp³-hybridized carbons (Fsp3) is 0.130. The number of hydrogen-bond donors (Lipinski definition) is 1. The van der Waals surface area contributed by atoms with Gasteiger partial charge < -0.3 is 5.11 Å². The van der Waals surface area contributed by atoms with E-state index < -0.39 is 23.3 Å². The van der Waals surface area contributed by atoms with Crippen LogP contribution < -0.4 is 4.90 Å². The third-order valence-electron chi connectivity index (χ3n) is 5.13. The van der Waals surface area contributed by atoms with Crippen molar-refractivity contribution < 1.29 is 14.7 Å². The first-order valence-corrected chi connectivity index (χ1v) is 9.77. The van der Waals surface area contributed by atoms with Gasteiger partial charge in [-0.1, -0.05) is 76.6 Å². The zero-order valence-electron chi connectivity index (χ0n) is 15.0. The van der Waals surface area contributed by atoms with E-state index in [0.29, 0.717) is 11.3 Å². The number of halogens is 1. The summed E-state index contributed by atoms with van der Waals surface area (Å²) in [5.74, 6) is -1.92. The Kier molecular flexibility index (Phi) is 4.87. The van der Waals surface area contributed by atoms with Crippen molar-refractivity contribution in [1.82, 2.24) is 0 Å². The Labute approximate surface area is 171 Å². The summed E-state index contributed by atoms with van der Waals surface area (Å²) in [6.07, 6.45) is 0.257. The lowest BCUT2D eigenvalue weighted by molar-refractivity contribution is -0.139. The molecule has 1 aliphatic rings. The maximum atomic E-state index is 13.3. The highest BCUT2D eigenvalue weighted by Gasteiger charge is 2.59. The minimum absolute atomic E-state index is 0.257. The van der Waals surface area contributed by atoms with Gasteiger partial charge in [-0.2, -0.15) is 0 Å². The van der Waals surface area contributed by atoms with E-state index in [1.165, 1.54) is 0 Å². The van der Waals surface area contributed by atoms with Gasteiger partial charge >= 0.3 is 0 Å². The van der Waals surface area contributed by atoms with Gasteiger partial charge in [0, 0.05) is 4.47 Å². The lowest BCUT2D eigenvalue weighted by Crippen LogP contribution is -2.41. The highest BCUT2D eigenvalue weighted by molar-refractivity contribution is 9.10. The molecule has 4 nitrogen and oxygen atoms in total. The molecule has 0 saturated carbocycles. The molecule has 2 amide bonds. The van der Waals surface area contributed by atoms with Gasteiger partial charge in [-0.05, 0) is 41.8 Å². The number of imide groups is 1. The maximum absolute atomic E-state index is 13.3. The number of amides is 2. The molecule has 0 spiro atoms. The second kappa shape index (κ2) is 7.34. The standard InChI is InChI=1S/C23H18BrNO3/c24-18-13-11-16(12-14-18)15-20-21(26)25(19-9-5-2-6-10-19)22(27)23(20,28)17-7-3-1-4-8-17/h1-14,20,28H,15H2/t20-,23-/m0/s1. The highest BCUT2D eigenvalue weighted by atomic mass is 79.9. The Morgan fingerprint density at radius 2 is 1.43 bits per heavy atom. The van der Waals surface area contributed by atoms with E-state index in [4.69, 9.17) is 0 Å². The fourth-order valence-corrected chi connectivity index (χ4v) is 3.95. The Morgan fingerprint density at radius 3 is 2.04 bits per heavy atom. The van der Waals surface area contributed by atoms with Crippen LogP contribution in [-0.4, -0.2) is 16.9 Å². The summed E-state index contributed by atoms with van der Waals surface area (Å²) in [5, 5.41) is 11.6. The number of para-hydroxylation sites is 1. The van der Waals surface area contributed by atoms with Gasteiger partial charge in [0.2, 0.25) is 5.91 Å². The summed E-state index contributed by atoms with van der Waals surface area (Å²) in [5.41, 5.74) is -0.154. The lowest BCUT2D eigenvalue weighted by atomic mass is 9.80. The molecule has 2 atom stereocenters. The molecule has 3 aromatic carbocycles. The predicted molar refractivity (Wildman–Crippen MR) is 111 cm³/mol. The van der Waals surface area contributed by atoms with Crippen LogP contribution in [0.3, 0.4) is 0 Å². The Bertz CT molecular complexity index is 1010. The van der Waals surface area contributed by atoms with Gasteiger partial charge in [-0.3, -0.25) is 9.59 Å². The van der Waals surface area contributed by atoms with Crippen molar-refractivity contribution >= 4 is 33.4 Å². The Hall–Kier alpha value is -2.76. The zero-order chi connectivity index (χ0) is 19.7. The van der Waals surface area contributed by atoms with Crippen LogP contribution in [0.5, 0.6) is 0 Å². The molecular formula is C23H18BrNO3. The molecule has 0 aliphatic carbocycles. The van der Waals surface area contributed by atoms with E-state index in [1.807, 2.05) is 36.4 Å². The molecule has 140 valence electrons. The summed E-state index contributed by atoms with van der Waals surface area (Å²) in [7, 11) is 0. The predicted octanol–water partition coefficient (Wildman–Crippen LogP) is 4.07. The van der Waals surface area contributed by atoms with Crippen molar-refractivity contribution in [3.05, 3.63) is 101 Å². The average molecular weight is 436 g/mol. The van der Waals surface area contributed by atoms with Crippen LogP contribution >= 0.6 is 15.9 Å². The number of anilines is 1. The molecule has 1 saturated heterocycles. The molecular weight excluding hydrogens is 418 g/mol. The van der Waals surface area contributed by atoms with Crippen molar-refractivity contribution in [3.63, 3.8) is 0 Å². The van der Waals surface area contributed by atoms with E-state index in [2.05, 4.69) is 15.9 Å². The normalized spacial score (nSPS) is 21.9. The fourth-order valence-electron chi connectivity index (χ4n) is 3.68. The van der Waals surface area contributed by atoms with Crippen molar-refractivity contribution in [2.75, 3.05) is 4.90 Å². The number of benzene rings is 3. The molecule has 0 radical (unpaired) electrons. The Morgan fingerprint density at radius 1 is 0.857 bits per heavy atom. The summed E-state index contributed by atoms with van der Waals surface area (Å²) in [6.45, 7) is 0. The van der Waals surface area contributed by atoms with E-state index in [1.54, 1.807) is 48.5 Å². The number of hydrogen-bond acceptors (Lipinski definition) is 3. The molecule has 4 rings (SSSR count). The summed E-state index contributed by atoms with van der Waals surface area (Å²) >= 11 is 3.40. The van der Waals surface area contributed by atoms with E-state index in [0.717, 1.165) is 14.9 Å². The number of aliphatic hydroxyl groups is 1. The van der Waals surface area contributed by atoms with Crippen molar-refractivity contribution in [1.29, 1.82) is 0 Å². The third kappa shape index (κ3) is 3.07. The van der Waals surface area contributed by atoms with Crippen LogP contribution in [0, 0.1) is 5.92 Å². The van der Waals surface area contributed by atoms with Crippen LogP contribution in [0.1, 0.15) is 11.1 Å². The van der Waals surface area contributed by atoms with Gasteiger partial charge in [0.15, 0.2) is 5.60 Å². The smallest absolute Gasteiger partial charge is 0.271 e. The van der Waals surface area contributed by atoms with Crippen LogP contribution in [0.2, 0.25) is 0 Å². The Balaban J connectivity index is 1.81. The second-order valence-corrected chi connectivity index (χ2v) is 7.75. The van der Waals surface area contributed by atoms with Gasteiger partial charge in [-0.25, -0.2) is 4.90 Å². The topological polar surface area (TPSA) is 57.6 Å². The van der Waals surface area contributed by atoms with Crippen LogP contribution in [0.4, 0.5) is 5.69 Å². The monoisotopic (exact) mass is 435 g/mol. The summed E-state index contributed by atoms with van der Waals surface area (Å²) < 4.78 is 0.925. The molecule has 0 bridgehead atoms. The number of carbonyl (C=O) groups excluding carboxylic acids is 2. The molecule has 0 unspecified atom stereocenters. The minimum atomic E-state index is -1.92. The van der Waals surface area contributed by atoms with Gasteiger partial charge in [0.05, 0.1) is 11.6 Å². The maximum Gasteiger partial charge on any atom is 0.271 e. The summed E-state index contributed by atoms with van der Waals surface area (Å²) in [6, 6.07) is 25.0. The third-order valence-corrected chi connectivity index (χ3v) is 5.66. The molecule has 1 fully saturated rings. The highest BCUT2D eigenvalue weighted by Crippen LogP contribution is 2.42. The quantitative estimate of drug-likeness (QED) is 0.628. The van der Waals surface area contributed by atoms with Gasteiger partial charge in [0.1, 0.15) is 0 Å². The van der Waals surface area contributed by atoms with E-state index in [-0.39, 0.29) is 6.42 Å². The van der Waals surface area contributed by atoms with Gasteiger partial charge in [-0.15, -0.1) is 0 Å². The minimum Gasteiger partial charge on any atom is -0.375 e. The zero-order valence-corrected chi connectivity index (χ0v) is 16.5. The second-order valence-electron chi connectivity index (χ2n) is 6.83. The summed E-state index contributed by atoms with van der Waals surface area (Å²) in [4.78, 5) is 27.8. The SMILES string of the molecule is O=C1[C@H](Cc2ccc(Br)cc2)[C@@](O)(c2ccccc2)C(=O)N1c1ccccc1. The average Bonchev–Trinajstić information content (AvgIpc) is 2.92. The van der Waals surface area contributed by atoms with Crippen molar-refractivity contribution in [2.45, 2.75) is 12.0 Å². The first kappa shape index (κ1) is 18.6. The van der Waals surface area contributed by atoms with Crippen LogP contribution in [0.15, 0.2) is 89.4 Å². The first-order chi connectivity index (χ1) is 13.5. The van der Waals surface area contributed by atoms with Gasteiger partial charge in [0.25, 0.3) is 5.91 Å². The molecule has 0 aromatic heterocycles. The molecule has 3 aromatic rings. The molecule has 1 aliphatic heterocycles. The van der Waals surface area contributed by atoms with E-state index in [9.17, 15) is 14.7 Å². The molecule has 1 heterocycles. The van der Waals surface area contributed by atoms with Crippen molar-refractivity contribution in [2.24, 2.45) is 5.92 Å². The number of carbonyl (C=O) groups is 2. The molecule has 5 heteroatoms.